The van der Waals surface area contributed by atoms with E-state index < -0.39 is 0 Å². The Bertz CT molecular complexity index is 1230. The molecule has 166 valence electrons. The van der Waals surface area contributed by atoms with E-state index in [2.05, 4.69) is 20.1 Å². The van der Waals surface area contributed by atoms with Gasteiger partial charge in [0.2, 0.25) is 5.28 Å². The van der Waals surface area contributed by atoms with Crippen LogP contribution in [0.2, 0.25) is 5.28 Å². The first-order valence-corrected chi connectivity index (χ1v) is 10.5. The van der Waals surface area contributed by atoms with Gasteiger partial charge in [0.1, 0.15) is 5.82 Å². The summed E-state index contributed by atoms with van der Waals surface area (Å²) >= 11 is 5.77. The molecule has 0 spiro atoms. The van der Waals surface area contributed by atoms with Crippen molar-refractivity contribution in [2.45, 2.75) is 27.7 Å². The molecule has 0 amide bonds. The minimum absolute atomic E-state index is 0.210. The highest BCUT2D eigenvalue weighted by Gasteiger charge is 2.06. The lowest BCUT2D eigenvalue weighted by Crippen LogP contribution is -1.99. The Kier molecular flexibility index (Phi) is 9.17. The summed E-state index contributed by atoms with van der Waals surface area (Å²) in [6.07, 6.45) is 8.09. The zero-order chi connectivity index (χ0) is 24.4. The van der Waals surface area contributed by atoms with Crippen molar-refractivity contribution in [2.75, 3.05) is 11.1 Å². The van der Waals surface area contributed by atoms with Crippen LogP contribution in [0.1, 0.15) is 33.4 Å². The van der Waals surface area contributed by atoms with Crippen LogP contribution in [-0.4, -0.2) is 9.97 Å². The van der Waals surface area contributed by atoms with E-state index in [1.165, 1.54) is 12.3 Å². The molecule has 6 nitrogen and oxygen atoms in total. The zero-order valence-electron chi connectivity index (χ0n) is 19.0. The van der Waals surface area contributed by atoms with Gasteiger partial charge in [0.25, 0.3) is 0 Å². The largest absolute Gasteiger partial charge is 0.398 e. The van der Waals surface area contributed by atoms with Crippen molar-refractivity contribution >= 4 is 40.9 Å². The van der Waals surface area contributed by atoms with Gasteiger partial charge in [-0.2, -0.15) is 5.26 Å². The van der Waals surface area contributed by atoms with Gasteiger partial charge < -0.3 is 11.1 Å². The fourth-order valence-electron chi connectivity index (χ4n) is 3.18. The number of anilines is 3. The van der Waals surface area contributed by atoms with Gasteiger partial charge in [-0.1, -0.05) is 18.2 Å². The fourth-order valence-corrected chi connectivity index (χ4v) is 3.33. The molecule has 0 unspecified atom stereocenters. The Balaban J connectivity index is 0.000000257. The molecule has 0 atom stereocenters. The van der Waals surface area contributed by atoms with Crippen molar-refractivity contribution in [1.29, 1.82) is 5.26 Å². The summed E-state index contributed by atoms with van der Waals surface area (Å²) in [5.41, 5.74) is 13.9. The summed E-state index contributed by atoms with van der Waals surface area (Å²) in [5, 5.41) is 11.8. The van der Waals surface area contributed by atoms with E-state index in [9.17, 15) is 0 Å². The summed E-state index contributed by atoms with van der Waals surface area (Å²) in [6, 6.07) is 11.7. The Morgan fingerprint density at radius 3 is 2.15 bits per heavy atom. The molecule has 3 rings (SSSR count). The Morgan fingerprint density at radius 2 is 1.61 bits per heavy atom. The third-order valence-electron chi connectivity index (χ3n) is 4.74. The first-order valence-electron chi connectivity index (χ1n) is 10.1. The average molecular weight is 457 g/mol. The third kappa shape index (κ3) is 7.50. The first-order chi connectivity index (χ1) is 15.7. The number of nitriles is 1. The molecule has 0 fully saturated rings. The standard InChI is InChI=1S/C15H13ClN4.C11H12N2/c1-10-8-12(4-6-17-3)9-11(2)14(10)19-13-5-7-18-15(16)20-13;1-8-6-10(4-3-5-12)7-9(2)11(8)13/h4-9H,1-2H3,(H,18,19,20);3-4,6-7H,13H2,1-2H3/b6-4+;4-3+. The van der Waals surface area contributed by atoms with E-state index >= 15 is 0 Å². The number of rotatable bonds is 4. The number of benzene rings is 2. The molecule has 3 N–H and O–H groups in total. The minimum atomic E-state index is 0.210. The molecule has 0 radical (unpaired) electrons. The molecule has 1 aromatic heterocycles. The number of nitrogens with two attached hydrogens (primary N) is 1. The van der Waals surface area contributed by atoms with Crippen LogP contribution in [-0.2, 0) is 0 Å². The number of hydrogen-bond acceptors (Lipinski definition) is 5. The Morgan fingerprint density at radius 1 is 1.03 bits per heavy atom. The number of aryl methyl sites for hydroxylation is 4. The average Bonchev–Trinajstić information content (AvgIpc) is 2.77. The summed E-state index contributed by atoms with van der Waals surface area (Å²) in [7, 11) is 0. The van der Waals surface area contributed by atoms with Crippen LogP contribution in [0.4, 0.5) is 17.2 Å². The number of allylic oxidation sites excluding steroid dienone is 1. The predicted molar refractivity (Wildman–Crippen MR) is 137 cm³/mol. The van der Waals surface area contributed by atoms with Crippen molar-refractivity contribution < 1.29 is 0 Å². The normalized spacial score (nSPS) is 10.4. The number of hydrogen-bond donors (Lipinski definition) is 2. The second-order valence-corrected chi connectivity index (χ2v) is 7.68. The van der Waals surface area contributed by atoms with Gasteiger partial charge in [-0.3, -0.25) is 0 Å². The summed E-state index contributed by atoms with van der Waals surface area (Å²) in [4.78, 5) is 11.2. The van der Waals surface area contributed by atoms with Crippen molar-refractivity contribution in [2.24, 2.45) is 0 Å². The summed E-state index contributed by atoms with van der Waals surface area (Å²) < 4.78 is 0. The molecule has 33 heavy (non-hydrogen) atoms. The molecule has 1 heterocycles. The number of nitrogen functional groups attached to an aromatic ring is 1. The Hall–Kier alpha value is -4.13. The van der Waals surface area contributed by atoms with E-state index in [0.717, 1.165) is 44.8 Å². The second-order valence-electron chi connectivity index (χ2n) is 7.34. The lowest BCUT2D eigenvalue weighted by Gasteiger charge is -2.13. The highest BCUT2D eigenvalue weighted by atomic mass is 35.5. The van der Waals surface area contributed by atoms with Gasteiger partial charge in [0, 0.05) is 23.6 Å². The number of aromatic nitrogens is 2. The number of halogens is 1. The van der Waals surface area contributed by atoms with Crippen LogP contribution in [0.3, 0.4) is 0 Å². The van der Waals surface area contributed by atoms with Gasteiger partial charge in [0.05, 0.1) is 12.6 Å². The lowest BCUT2D eigenvalue weighted by molar-refractivity contribution is 1.16. The van der Waals surface area contributed by atoms with E-state index in [1.807, 2.05) is 58.0 Å². The molecular formula is C26H25ClN6. The van der Waals surface area contributed by atoms with Crippen LogP contribution < -0.4 is 11.1 Å². The van der Waals surface area contributed by atoms with E-state index in [0.29, 0.717) is 5.82 Å². The predicted octanol–water partition coefficient (Wildman–Crippen LogP) is 6.80. The SMILES string of the molecule is Cc1cc(/C=C/C#N)cc(C)c1N.[C-]#[N+]/C=C/c1cc(C)c(Nc2ccnc(Cl)n2)c(C)c1. The molecule has 7 heteroatoms. The maximum atomic E-state index is 8.36. The molecule has 0 aliphatic heterocycles. The topological polar surface area (TPSA) is 92.0 Å². The molecule has 0 aliphatic rings. The number of nitrogens with one attached hydrogen (secondary N) is 1. The second kappa shape index (κ2) is 12.0. The maximum Gasteiger partial charge on any atom is 0.224 e. The zero-order valence-corrected chi connectivity index (χ0v) is 19.8. The van der Waals surface area contributed by atoms with Gasteiger partial charge in [-0.15, -0.1) is 0 Å². The molecule has 3 aromatic rings. The molecule has 2 aromatic carbocycles. The third-order valence-corrected chi connectivity index (χ3v) is 4.92. The van der Waals surface area contributed by atoms with Gasteiger partial charge in [-0.25, -0.2) is 14.8 Å². The van der Waals surface area contributed by atoms with Gasteiger partial charge in [-0.05, 0) is 97.0 Å². The highest BCUT2D eigenvalue weighted by Crippen LogP contribution is 2.26. The fraction of sp³-hybridized carbons (Fsp3) is 0.154. The van der Waals surface area contributed by atoms with Crippen LogP contribution in [0, 0.1) is 45.6 Å². The van der Waals surface area contributed by atoms with Gasteiger partial charge >= 0.3 is 0 Å². The molecule has 0 saturated heterocycles. The Labute approximate surface area is 199 Å². The molecule has 0 saturated carbocycles. The monoisotopic (exact) mass is 456 g/mol. The molecule has 0 bridgehead atoms. The molecule has 0 aliphatic carbocycles. The van der Waals surface area contributed by atoms with E-state index in [1.54, 1.807) is 24.4 Å². The number of nitrogens with zero attached hydrogens (tertiary/aromatic N) is 4. The van der Waals surface area contributed by atoms with Crippen molar-refractivity contribution in [3.05, 3.63) is 98.9 Å². The summed E-state index contributed by atoms with van der Waals surface area (Å²) in [6.45, 7) is 14.7. The van der Waals surface area contributed by atoms with E-state index in [-0.39, 0.29) is 5.28 Å². The smallest absolute Gasteiger partial charge is 0.224 e. The summed E-state index contributed by atoms with van der Waals surface area (Å²) in [5.74, 6) is 0.653. The minimum Gasteiger partial charge on any atom is -0.398 e. The van der Waals surface area contributed by atoms with E-state index in [4.69, 9.17) is 29.2 Å². The maximum absolute atomic E-state index is 8.36. The van der Waals surface area contributed by atoms with Crippen molar-refractivity contribution in [1.82, 2.24) is 9.97 Å². The van der Waals surface area contributed by atoms with Gasteiger partial charge in [0.15, 0.2) is 6.20 Å². The van der Waals surface area contributed by atoms with Crippen molar-refractivity contribution in [3.8, 4) is 6.07 Å². The van der Waals surface area contributed by atoms with Crippen LogP contribution in [0.15, 0.2) is 48.8 Å². The van der Waals surface area contributed by atoms with Crippen molar-refractivity contribution in [3.63, 3.8) is 0 Å². The highest BCUT2D eigenvalue weighted by molar-refractivity contribution is 6.28. The van der Waals surface area contributed by atoms with Crippen LogP contribution in [0.25, 0.3) is 17.0 Å². The first kappa shape index (κ1) is 25.1. The molecular weight excluding hydrogens is 432 g/mol. The lowest BCUT2D eigenvalue weighted by atomic mass is 10.0. The van der Waals surface area contributed by atoms with Crippen LogP contribution >= 0.6 is 11.6 Å². The van der Waals surface area contributed by atoms with Crippen LogP contribution in [0.5, 0.6) is 0 Å². The quantitative estimate of drug-likeness (QED) is 0.195.